The van der Waals surface area contributed by atoms with Crippen LogP contribution in [0.15, 0.2) is 48.5 Å². The second-order valence-corrected chi connectivity index (χ2v) is 9.94. The van der Waals surface area contributed by atoms with Crippen molar-refractivity contribution in [1.29, 1.82) is 0 Å². The summed E-state index contributed by atoms with van der Waals surface area (Å²) in [7, 11) is 0. The summed E-state index contributed by atoms with van der Waals surface area (Å²) in [4.78, 5) is 45.4. The fourth-order valence-corrected chi connectivity index (χ4v) is 5.37. The van der Waals surface area contributed by atoms with Crippen molar-refractivity contribution in [3.05, 3.63) is 59.1 Å². The predicted octanol–water partition coefficient (Wildman–Crippen LogP) is 4.00. The summed E-state index contributed by atoms with van der Waals surface area (Å²) >= 11 is 5.97. The zero-order chi connectivity index (χ0) is 24.4. The summed E-state index contributed by atoms with van der Waals surface area (Å²) in [5, 5.41) is 0.577. The van der Waals surface area contributed by atoms with Crippen LogP contribution in [0.1, 0.15) is 42.5 Å². The molecular formula is C27H30ClN3O4. The average molecular weight is 496 g/mol. The predicted molar refractivity (Wildman–Crippen MR) is 134 cm³/mol. The number of benzene rings is 2. The lowest BCUT2D eigenvalue weighted by molar-refractivity contribution is -0.139. The van der Waals surface area contributed by atoms with E-state index < -0.39 is 6.10 Å². The number of fused-ring (bicyclic) bond motifs is 1. The molecule has 3 heterocycles. The maximum atomic E-state index is 13.8. The number of nitrogens with zero attached hydrogens (tertiary/aromatic N) is 3. The summed E-state index contributed by atoms with van der Waals surface area (Å²) in [6, 6.07) is 14.2. The van der Waals surface area contributed by atoms with E-state index >= 15 is 0 Å². The van der Waals surface area contributed by atoms with Crippen molar-refractivity contribution in [3.8, 4) is 5.75 Å². The van der Waals surface area contributed by atoms with Crippen LogP contribution in [0.2, 0.25) is 5.02 Å². The molecule has 184 valence electrons. The van der Waals surface area contributed by atoms with E-state index in [0.717, 1.165) is 38.8 Å². The number of rotatable bonds is 3. The normalized spacial score (nSPS) is 22.3. The number of carbonyl (C=O) groups is 3. The third kappa shape index (κ3) is 5.01. The second kappa shape index (κ2) is 10.3. The number of carbonyl (C=O) groups excluding carboxylic acids is 3. The van der Waals surface area contributed by atoms with Gasteiger partial charge in [0.25, 0.3) is 11.8 Å². The standard InChI is InChI=1S/C27H30ClN3O4/c28-21-12-10-19(11-13-21)25(32)30-16-6-7-20(17-30)26(33)31-18-24(27(34)29-14-4-1-5-15-29)35-23-9-3-2-8-22(23)31/h2-3,8-13,20,24H,1,4-7,14-18H2/t20-,24+/m1/s1. The van der Waals surface area contributed by atoms with E-state index in [-0.39, 0.29) is 30.2 Å². The number of anilines is 1. The summed E-state index contributed by atoms with van der Waals surface area (Å²) < 4.78 is 6.08. The molecule has 0 saturated carbocycles. The van der Waals surface area contributed by atoms with Gasteiger partial charge >= 0.3 is 0 Å². The highest BCUT2D eigenvalue weighted by molar-refractivity contribution is 6.30. The van der Waals surface area contributed by atoms with Gasteiger partial charge in [-0.05, 0) is 68.5 Å². The summed E-state index contributed by atoms with van der Waals surface area (Å²) in [6.45, 7) is 2.62. The number of hydrogen-bond donors (Lipinski definition) is 0. The first-order valence-electron chi connectivity index (χ1n) is 12.4. The van der Waals surface area contributed by atoms with Gasteiger partial charge in [-0.2, -0.15) is 0 Å². The van der Waals surface area contributed by atoms with Crippen molar-refractivity contribution in [2.45, 2.75) is 38.2 Å². The van der Waals surface area contributed by atoms with Crippen LogP contribution in [0.5, 0.6) is 5.75 Å². The van der Waals surface area contributed by atoms with Crippen molar-refractivity contribution >= 4 is 35.0 Å². The Bertz CT molecular complexity index is 1100. The number of ether oxygens (including phenoxy) is 1. The molecular weight excluding hydrogens is 466 g/mol. The molecule has 2 aromatic carbocycles. The zero-order valence-corrected chi connectivity index (χ0v) is 20.5. The maximum absolute atomic E-state index is 13.8. The van der Waals surface area contributed by atoms with Crippen molar-refractivity contribution in [2.75, 3.05) is 37.6 Å². The first kappa shape index (κ1) is 23.7. The second-order valence-electron chi connectivity index (χ2n) is 9.51. The Morgan fingerprint density at radius 3 is 2.29 bits per heavy atom. The monoisotopic (exact) mass is 495 g/mol. The smallest absolute Gasteiger partial charge is 0.265 e. The van der Waals surface area contributed by atoms with E-state index in [9.17, 15) is 14.4 Å². The lowest BCUT2D eigenvalue weighted by Gasteiger charge is -2.40. The quantitative estimate of drug-likeness (QED) is 0.645. The highest BCUT2D eigenvalue weighted by Crippen LogP contribution is 2.35. The molecule has 0 spiro atoms. The number of para-hydroxylation sites is 2. The van der Waals surface area contributed by atoms with Gasteiger partial charge in [0, 0.05) is 36.8 Å². The fourth-order valence-electron chi connectivity index (χ4n) is 5.25. The van der Waals surface area contributed by atoms with Crippen molar-refractivity contribution in [2.24, 2.45) is 5.92 Å². The average Bonchev–Trinajstić information content (AvgIpc) is 2.92. The molecule has 8 heteroatoms. The van der Waals surface area contributed by atoms with Crippen LogP contribution in [0.3, 0.4) is 0 Å². The van der Waals surface area contributed by atoms with Gasteiger partial charge in [-0.3, -0.25) is 14.4 Å². The molecule has 0 aromatic heterocycles. The minimum absolute atomic E-state index is 0.0554. The van der Waals surface area contributed by atoms with Gasteiger partial charge in [0.05, 0.1) is 18.2 Å². The largest absolute Gasteiger partial charge is 0.476 e. The summed E-state index contributed by atoms with van der Waals surface area (Å²) in [5.74, 6) is -0.00468. The topological polar surface area (TPSA) is 70.2 Å². The van der Waals surface area contributed by atoms with Crippen LogP contribution in [0.25, 0.3) is 0 Å². The lowest BCUT2D eigenvalue weighted by Crippen LogP contribution is -2.55. The van der Waals surface area contributed by atoms with Gasteiger partial charge < -0.3 is 19.4 Å². The van der Waals surface area contributed by atoms with Gasteiger partial charge in [0.15, 0.2) is 6.10 Å². The Labute approximate surface area is 210 Å². The molecule has 2 fully saturated rings. The molecule has 2 atom stereocenters. The number of piperidine rings is 2. The Morgan fingerprint density at radius 2 is 1.51 bits per heavy atom. The number of hydrogen-bond acceptors (Lipinski definition) is 4. The van der Waals surface area contributed by atoms with Gasteiger partial charge in [0.1, 0.15) is 5.75 Å². The first-order valence-corrected chi connectivity index (χ1v) is 12.8. The van der Waals surface area contributed by atoms with Gasteiger partial charge in [-0.25, -0.2) is 0 Å². The van der Waals surface area contributed by atoms with Crippen molar-refractivity contribution < 1.29 is 19.1 Å². The van der Waals surface area contributed by atoms with Crippen LogP contribution in [-0.4, -0.2) is 66.3 Å². The minimum atomic E-state index is -0.720. The SMILES string of the molecule is O=C(c1ccc(Cl)cc1)N1CCC[C@@H](C(=O)N2C[C@@H](C(=O)N3CCCCC3)Oc3ccccc32)C1. The maximum Gasteiger partial charge on any atom is 0.265 e. The van der Waals surface area contributed by atoms with Crippen LogP contribution < -0.4 is 9.64 Å². The van der Waals surface area contributed by atoms with E-state index in [1.54, 1.807) is 34.1 Å². The Morgan fingerprint density at radius 1 is 0.800 bits per heavy atom. The molecule has 3 aliphatic heterocycles. The summed E-state index contributed by atoms with van der Waals surface area (Å²) in [6.07, 6.45) is 3.86. The molecule has 2 saturated heterocycles. The van der Waals surface area contributed by atoms with Crippen LogP contribution in [-0.2, 0) is 9.59 Å². The summed E-state index contributed by atoms with van der Waals surface area (Å²) in [5.41, 5.74) is 1.24. The van der Waals surface area contributed by atoms with E-state index in [2.05, 4.69) is 0 Å². The third-order valence-electron chi connectivity index (χ3n) is 7.13. The van der Waals surface area contributed by atoms with Crippen LogP contribution >= 0.6 is 11.6 Å². The molecule has 0 unspecified atom stereocenters. The number of amides is 3. The van der Waals surface area contributed by atoms with Gasteiger partial charge in [0.2, 0.25) is 5.91 Å². The Kier molecular flexibility index (Phi) is 6.95. The van der Waals surface area contributed by atoms with Crippen LogP contribution in [0.4, 0.5) is 5.69 Å². The molecule has 3 amide bonds. The van der Waals surface area contributed by atoms with Gasteiger partial charge in [-0.1, -0.05) is 23.7 Å². The molecule has 0 radical (unpaired) electrons. The van der Waals surface area contributed by atoms with E-state index in [1.807, 2.05) is 29.2 Å². The molecule has 0 bridgehead atoms. The minimum Gasteiger partial charge on any atom is -0.476 e. The first-order chi connectivity index (χ1) is 17.0. The van der Waals surface area contributed by atoms with E-state index in [4.69, 9.17) is 16.3 Å². The molecule has 3 aliphatic rings. The number of halogens is 1. The van der Waals surface area contributed by atoms with Crippen molar-refractivity contribution in [1.82, 2.24) is 9.80 Å². The highest BCUT2D eigenvalue weighted by atomic mass is 35.5. The fraction of sp³-hybridized carbons (Fsp3) is 0.444. The third-order valence-corrected chi connectivity index (χ3v) is 7.38. The molecule has 35 heavy (non-hydrogen) atoms. The molecule has 0 aliphatic carbocycles. The highest BCUT2D eigenvalue weighted by Gasteiger charge is 2.39. The molecule has 7 nitrogen and oxygen atoms in total. The Hall–Kier alpha value is -3.06. The van der Waals surface area contributed by atoms with E-state index in [1.165, 1.54) is 0 Å². The van der Waals surface area contributed by atoms with Crippen molar-refractivity contribution in [3.63, 3.8) is 0 Å². The van der Waals surface area contributed by atoms with Crippen LogP contribution in [0, 0.1) is 5.92 Å². The molecule has 5 rings (SSSR count). The Balaban J connectivity index is 1.33. The van der Waals surface area contributed by atoms with Gasteiger partial charge in [-0.15, -0.1) is 0 Å². The molecule has 2 aromatic rings. The van der Waals surface area contributed by atoms with E-state index in [0.29, 0.717) is 41.5 Å². The molecule has 0 N–H and O–H groups in total. The lowest BCUT2D eigenvalue weighted by atomic mass is 9.95. The number of likely N-dealkylation sites (tertiary alicyclic amines) is 2. The zero-order valence-electron chi connectivity index (χ0n) is 19.7.